The van der Waals surface area contributed by atoms with Crippen LogP contribution in [0.15, 0.2) is 18.2 Å². The van der Waals surface area contributed by atoms with E-state index in [0.29, 0.717) is 22.2 Å². The Kier molecular flexibility index (Phi) is 4.12. The van der Waals surface area contributed by atoms with Gasteiger partial charge in [0.1, 0.15) is 0 Å². The van der Waals surface area contributed by atoms with Gasteiger partial charge in [0.25, 0.3) is 5.91 Å². The first kappa shape index (κ1) is 13.2. The maximum Gasteiger partial charge on any atom is 0.255 e. The third kappa shape index (κ3) is 2.78. The number of anilines is 1. The Hall–Kier alpha value is -1.22. The van der Waals surface area contributed by atoms with E-state index in [4.69, 9.17) is 17.3 Å². The summed E-state index contributed by atoms with van der Waals surface area (Å²) < 4.78 is 0. The second-order valence-electron chi connectivity index (χ2n) is 4.93. The van der Waals surface area contributed by atoms with Crippen molar-refractivity contribution in [3.63, 3.8) is 0 Å². The molecule has 1 unspecified atom stereocenters. The Labute approximate surface area is 113 Å². The number of benzene rings is 1. The van der Waals surface area contributed by atoms with Crippen LogP contribution in [0.3, 0.4) is 0 Å². The van der Waals surface area contributed by atoms with E-state index in [9.17, 15) is 4.79 Å². The van der Waals surface area contributed by atoms with Gasteiger partial charge in [-0.2, -0.15) is 0 Å². The highest BCUT2D eigenvalue weighted by atomic mass is 35.5. The van der Waals surface area contributed by atoms with Crippen LogP contribution in [-0.4, -0.2) is 23.9 Å². The highest BCUT2D eigenvalue weighted by Gasteiger charge is 2.27. The maximum atomic E-state index is 12.3. The van der Waals surface area contributed by atoms with Crippen molar-refractivity contribution in [2.24, 2.45) is 5.92 Å². The number of amides is 1. The second kappa shape index (κ2) is 5.61. The summed E-state index contributed by atoms with van der Waals surface area (Å²) >= 11 is 5.84. The average molecular weight is 267 g/mol. The van der Waals surface area contributed by atoms with E-state index in [2.05, 4.69) is 6.92 Å². The van der Waals surface area contributed by atoms with Gasteiger partial charge < -0.3 is 10.6 Å². The monoisotopic (exact) mass is 266 g/mol. The predicted octanol–water partition coefficient (Wildman–Crippen LogP) is 3.18. The maximum absolute atomic E-state index is 12.3. The fourth-order valence-corrected chi connectivity index (χ4v) is 2.74. The number of carbonyl (C=O) groups excluding carboxylic acids is 1. The molecule has 2 rings (SSSR count). The molecule has 0 spiro atoms. The van der Waals surface area contributed by atoms with E-state index < -0.39 is 0 Å². The Morgan fingerprint density at radius 1 is 1.56 bits per heavy atom. The van der Waals surface area contributed by atoms with Crippen LogP contribution in [0.5, 0.6) is 0 Å². The molecule has 98 valence electrons. The Balaban J connectivity index is 2.08. The molecule has 1 saturated heterocycles. The molecule has 2 N–H and O–H groups in total. The van der Waals surface area contributed by atoms with E-state index in [1.54, 1.807) is 18.2 Å². The van der Waals surface area contributed by atoms with E-state index in [1.807, 2.05) is 4.90 Å². The SMILES string of the molecule is CCCC1CCN(C(=O)c2ccc(Cl)cc2N)C1. The summed E-state index contributed by atoms with van der Waals surface area (Å²) in [6, 6.07) is 5.06. The van der Waals surface area contributed by atoms with Crippen LogP contribution in [0.1, 0.15) is 36.5 Å². The van der Waals surface area contributed by atoms with Gasteiger partial charge in [-0.1, -0.05) is 24.9 Å². The lowest BCUT2D eigenvalue weighted by molar-refractivity contribution is 0.0787. The minimum Gasteiger partial charge on any atom is -0.398 e. The number of likely N-dealkylation sites (tertiary alicyclic amines) is 1. The topological polar surface area (TPSA) is 46.3 Å². The summed E-state index contributed by atoms with van der Waals surface area (Å²) in [7, 11) is 0. The molecule has 1 fully saturated rings. The molecule has 0 aromatic heterocycles. The van der Waals surface area contributed by atoms with Crippen molar-refractivity contribution in [3.8, 4) is 0 Å². The predicted molar refractivity (Wildman–Crippen MR) is 74.8 cm³/mol. The first-order valence-corrected chi connectivity index (χ1v) is 6.84. The molecule has 0 bridgehead atoms. The van der Waals surface area contributed by atoms with Crippen molar-refractivity contribution in [3.05, 3.63) is 28.8 Å². The molecule has 1 aliphatic rings. The van der Waals surface area contributed by atoms with Crippen LogP contribution < -0.4 is 5.73 Å². The molecule has 0 saturated carbocycles. The summed E-state index contributed by atoms with van der Waals surface area (Å²) in [6.07, 6.45) is 3.47. The van der Waals surface area contributed by atoms with E-state index in [1.165, 1.54) is 12.8 Å². The highest BCUT2D eigenvalue weighted by Crippen LogP contribution is 2.25. The molecule has 0 radical (unpaired) electrons. The zero-order valence-corrected chi connectivity index (χ0v) is 11.4. The molecule has 18 heavy (non-hydrogen) atoms. The summed E-state index contributed by atoms with van der Waals surface area (Å²) in [6.45, 7) is 3.88. The average Bonchev–Trinajstić information content (AvgIpc) is 2.77. The van der Waals surface area contributed by atoms with Gasteiger partial charge in [0.05, 0.1) is 5.56 Å². The summed E-state index contributed by atoms with van der Waals surface area (Å²) in [5.74, 6) is 0.676. The number of hydrogen-bond donors (Lipinski definition) is 1. The number of nitrogens with two attached hydrogens (primary N) is 1. The normalized spacial score (nSPS) is 19.2. The Morgan fingerprint density at radius 2 is 2.33 bits per heavy atom. The third-order valence-corrected chi connectivity index (χ3v) is 3.75. The van der Waals surface area contributed by atoms with Gasteiger partial charge in [0, 0.05) is 23.8 Å². The highest BCUT2D eigenvalue weighted by molar-refractivity contribution is 6.31. The molecule has 3 nitrogen and oxygen atoms in total. The van der Waals surface area contributed by atoms with Crippen molar-refractivity contribution >= 4 is 23.2 Å². The van der Waals surface area contributed by atoms with Gasteiger partial charge >= 0.3 is 0 Å². The van der Waals surface area contributed by atoms with E-state index in [0.717, 1.165) is 19.5 Å². The molecular weight excluding hydrogens is 248 g/mol. The summed E-state index contributed by atoms with van der Waals surface area (Å²) in [5, 5.41) is 0.564. The quantitative estimate of drug-likeness (QED) is 0.854. The van der Waals surface area contributed by atoms with Crippen molar-refractivity contribution in [1.29, 1.82) is 0 Å². The third-order valence-electron chi connectivity index (χ3n) is 3.51. The summed E-state index contributed by atoms with van der Waals surface area (Å²) in [5.41, 5.74) is 6.88. The fourth-order valence-electron chi connectivity index (χ4n) is 2.56. The van der Waals surface area contributed by atoms with Crippen molar-refractivity contribution < 1.29 is 4.79 Å². The molecule has 1 atom stereocenters. The molecule has 0 aliphatic carbocycles. The van der Waals surface area contributed by atoms with Crippen LogP contribution >= 0.6 is 11.6 Å². The fraction of sp³-hybridized carbons (Fsp3) is 0.500. The number of carbonyl (C=O) groups is 1. The molecule has 1 aromatic carbocycles. The van der Waals surface area contributed by atoms with Crippen molar-refractivity contribution in [2.45, 2.75) is 26.2 Å². The van der Waals surface area contributed by atoms with Gasteiger partial charge in [-0.15, -0.1) is 0 Å². The Morgan fingerprint density at radius 3 is 3.00 bits per heavy atom. The minimum absolute atomic E-state index is 0.0303. The first-order chi connectivity index (χ1) is 8.61. The molecule has 4 heteroatoms. The lowest BCUT2D eigenvalue weighted by Gasteiger charge is -2.17. The van der Waals surface area contributed by atoms with Crippen LogP contribution in [0, 0.1) is 5.92 Å². The van der Waals surface area contributed by atoms with Crippen LogP contribution in [0.25, 0.3) is 0 Å². The lowest BCUT2D eigenvalue weighted by Crippen LogP contribution is -2.29. The van der Waals surface area contributed by atoms with Gasteiger partial charge in [0.2, 0.25) is 0 Å². The first-order valence-electron chi connectivity index (χ1n) is 6.46. The zero-order chi connectivity index (χ0) is 13.1. The molecule has 1 heterocycles. The lowest BCUT2D eigenvalue weighted by atomic mass is 10.0. The van der Waals surface area contributed by atoms with Gasteiger partial charge in [-0.25, -0.2) is 0 Å². The minimum atomic E-state index is 0.0303. The molecular formula is C14H19ClN2O. The zero-order valence-electron chi connectivity index (χ0n) is 10.7. The number of nitrogens with zero attached hydrogens (tertiary/aromatic N) is 1. The number of rotatable bonds is 3. The molecule has 1 aliphatic heterocycles. The molecule has 1 aromatic rings. The number of hydrogen-bond acceptors (Lipinski definition) is 2. The van der Waals surface area contributed by atoms with Crippen molar-refractivity contribution in [2.75, 3.05) is 18.8 Å². The van der Waals surface area contributed by atoms with Crippen LogP contribution in [0.2, 0.25) is 5.02 Å². The van der Waals surface area contributed by atoms with E-state index >= 15 is 0 Å². The van der Waals surface area contributed by atoms with E-state index in [-0.39, 0.29) is 5.91 Å². The largest absolute Gasteiger partial charge is 0.398 e. The molecule has 1 amide bonds. The van der Waals surface area contributed by atoms with Gasteiger partial charge in [-0.05, 0) is 37.0 Å². The standard InChI is InChI=1S/C14H19ClN2O/c1-2-3-10-6-7-17(9-10)14(18)12-5-4-11(15)8-13(12)16/h4-5,8,10H,2-3,6-7,9,16H2,1H3. The smallest absolute Gasteiger partial charge is 0.255 e. The number of halogens is 1. The second-order valence-corrected chi connectivity index (χ2v) is 5.36. The Bertz CT molecular complexity index is 447. The summed E-state index contributed by atoms with van der Waals surface area (Å²) in [4.78, 5) is 14.2. The number of nitrogen functional groups attached to an aromatic ring is 1. The van der Waals surface area contributed by atoms with Gasteiger partial charge in [0.15, 0.2) is 0 Å². The van der Waals surface area contributed by atoms with Gasteiger partial charge in [-0.3, -0.25) is 4.79 Å². The van der Waals surface area contributed by atoms with Crippen LogP contribution in [0.4, 0.5) is 5.69 Å². The van der Waals surface area contributed by atoms with Crippen molar-refractivity contribution in [1.82, 2.24) is 4.90 Å². The van der Waals surface area contributed by atoms with Crippen LogP contribution in [-0.2, 0) is 0 Å².